The van der Waals surface area contributed by atoms with Gasteiger partial charge in [0.1, 0.15) is 5.60 Å². The Hall–Kier alpha value is -2.82. The highest BCUT2D eigenvalue weighted by atomic mass is 35.5. The standard InChI is InChI=1S/C35H50ClN7O3/c1-9-41(25-17-45-18-25)23-10-11-42(34(7,8)13-23)31-28(29-26-16-37-38-27(26)12-21(2)30(29)36)22(3)43(39-31)24-14-35(15-24)19-40(20-35)32(44)46-33(4,5)6/h12,16,23-25H,9-11,13-15,17-20H2,1-8H3,(H,37,38). The van der Waals surface area contributed by atoms with Gasteiger partial charge in [-0.1, -0.05) is 18.5 Å². The number of fused-ring (bicyclic) bond motifs is 1. The molecule has 1 saturated carbocycles. The van der Waals surface area contributed by atoms with Crippen LogP contribution in [0, 0.1) is 19.3 Å². The number of nitrogens with zero attached hydrogens (tertiary/aromatic N) is 6. The number of hydrogen-bond acceptors (Lipinski definition) is 7. The first kappa shape index (κ1) is 31.8. The number of carbonyl (C=O) groups is 1. The second kappa shape index (κ2) is 11.1. The zero-order chi connectivity index (χ0) is 32.8. The van der Waals surface area contributed by atoms with Crippen molar-refractivity contribution in [2.24, 2.45) is 5.41 Å². The second-order valence-corrected chi connectivity index (χ2v) is 16.4. The molecule has 4 aliphatic rings. The van der Waals surface area contributed by atoms with Crippen molar-refractivity contribution in [3.8, 4) is 11.1 Å². The lowest BCUT2D eigenvalue weighted by atomic mass is 9.61. The van der Waals surface area contributed by atoms with Gasteiger partial charge in [0, 0.05) is 58.8 Å². The normalized spacial score (nSPS) is 23.1. The van der Waals surface area contributed by atoms with Crippen LogP contribution in [0.3, 0.4) is 0 Å². The van der Waals surface area contributed by atoms with E-state index in [1.54, 1.807) is 0 Å². The zero-order valence-electron chi connectivity index (χ0n) is 28.7. The van der Waals surface area contributed by atoms with Gasteiger partial charge in [-0.15, -0.1) is 0 Å². The topological polar surface area (TPSA) is 91.8 Å². The monoisotopic (exact) mass is 651 g/mol. The number of aromatic nitrogens is 4. The fraction of sp³-hybridized carbons (Fsp3) is 0.686. The van der Waals surface area contributed by atoms with Crippen LogP contribution in [0.2, 0.25) is 5.02 Å². The highest BCUT2D eigenvalue weighted by Gasteiger charge is 2.56. The number of piperidine rings is 1. The van der Waals surface area contributed by atoms with Gasteiger partial charge in [0.15, 0.2) is 5.82 Å². The van der Waals surface area contributed by atoms with Gasteiger partial charge in [-0.2, -0.15) is 10.2 Å². The van der Waals surface area contributed by atoms with Crippen LogP contribution in [0.25, 0.3) is 22.0 Å². The van der Waals surface area contributed by atoms with Crippen LogP contribution in [-0.4, -0.2) is 98.5 Å². The molecule has 3 aromatic rings. The van der Waals surface area contributed by atoms with Crippen molar-refractivity contribution in [2.45, 2.75) is 110 Å². The van der Waals surface area contributed by atoms with Gasteiger partial charge in [-0.05, 0) is 92.3 Å². The van der Waals surface area contributed by atoms with Gasteiger partial charge in [0.25, 0.3) is 0 Å². The first-order valence-corrected chi connectivity index (χ1v) is 17.4. The number of rotatable bonds is 6. The van der Waals surface area contributed by atoms with Crippen molar-refractivity contribution in [1.82, 2.24) is 29.8 Å². The Labute approximate surface area is 277 Å². The number of aryl methyl sites for hydroxylation is 1. The van der Waals surface area contributed by atoms with E-state index in [9.17, 15) is 4.79 Å². The number of ether oxygens (including phenoxy) is 2. The van der Waals surface area contributed by atoms with Crippen LogP contribution in [0.4, 0.5) is 10.6 Å². The number of anilines is 1. The van der Waals surface area contributed by atoms with Crippen LogP contribution < -0.4 is 4.90 Å². The maximum Gasteiger partial charge on any atom is 0.410 e. The summed E-state index contributed by atoms with van der Waals surface area (Å²) in [5.41, 5.74) is 4.79. The third-order valence-electron chi connectivity index (χ3n) is 11.0. The molecule has 3 aliphatic heterocycles. The van der Waals surface area contributed by atoms with Crippen molar-refractivity contribution in [1.29, 1.82) is 0 Å². The quantitative estimate of drug-likeness (QED) is 0.316. The highest BCUT2D eigenvalue weighted by Crippen LogP contribution is 2.56. The molecule has 1 amide bonds. The molecule has 1 N–H and O–H groups in total. The third kappa shape index (κ3) is 5.28. The predicted octanol–water partition coefficient (Wildman–Crippen LogP) is 6.74. The summed E-state index contributed by atoms with van der Waals surface area (Å²) >= 11 is 7.20. The summed E-state index contributed by atoms with van der Waals surface area (Å²) in [6.07, 6.45) is 5.81. The van der Waals surface area contributed by atoms with Crippen LogP contribution in [0.1, 0.15) is 84.5 Å². The van der Waals surface area contributed by atoms with Gasteiger partial charge in [0.05, 0.1) is 42.0 Å². The molecule has 1 aliphatic carbocycles. The van der Waals surface area contributed by atoms with E-state index in [0.29, 0.717) is 12.1 Å². The summed E-state index contributed by atoms with van der Waals surface area (Å²) in [5.74, 6) is 1.01. The first-order chi connectivity index (χ1) is 21.7. The smallest absolute Gasteiger partial charge is 0.410 e. The molecule has 46 heavy (non-hydrogen) atoms. The molecule has 1 aromatic carbocycles. The molecule has 2 aromatic heterocycles. The lowest BCUT2D eigenvalue weighted by Gasteiger charge is -2.58. The summed E-state index contributed by atoms with van der Waals surface area (Å²) < 4.78 is 13.5. The summed E-state index contributed by atoms with van der Waals surface area (Å²) in [4.78, 5) is 19.7. The van der Waals surface area contributed by atoms with Crippen LogP contribution in [0.15, 0.2) is 12.3 Å². The predicted molar refractivity (Wildman–Crippen MR) is 182 cm³/mol. The van der Waals surface area contributed by atoms with Crippen LogP contribution >= 0.6 is 11.6 Å². The summed E-state index contributed by atoms with van der Waals surface area (Å²) in [6.45, 7) is 22.2. The fourth-order valence-electron chi connectivity index (χ4n) is 8.65. The summed E-state index contributed by atoms with van der Waals surface area (Å²) in [6, 6.07) is 3.39. The molecule has 4 fully saturated rings. The molecular formula is C35H50ClN7O3. The minimum atomic E-state index is -0.485. The van der Waals surface area contributed by atoms with Crippen molar-refractivity contribution < 1.29 is 14.3 Å². The number of aromatic amines is 1. The summed E-state index contributed by atoms with van der Waals surface area (Å²) in [5, 5.41) is 14.8. The lowest BCUT2D eigenvalue weighted by Crippen LogP contribution is -2.64. The van der Waals surface area contributed by atoms with E-state index < -0.39 is 5.60 Å². The van der Waals surface area contributed by atoms with E-state index >= 15 is 0 Å². The molecule has 1 spiro atoms. The van der Waals surface area contributed by atoms with Crippen LogP contribution in [0.5, 0.6) is 0 Å². The maximum absolute atomic E-state index is 12.7. The molecule has 1 atom stereocenters. The minimum absolute atomic E-state index is 0.115. The molecule has 7 rings (SSSR count). The maximum atomic E-state index is 12.7. The Morgan fingerprint density at radius 2 is 1.87 bits per heavy atom. The molecule has 250 valence electrons. The molecule has 0 radical (unpaired) electrons. The van der Waals surface area contributed by atoms with Crippen molar-refractivity contribution in [3.05, 3.63) is 28.5 Å². The summed E-state index contributed by atoms with van der Waals surface area (Å²) in [7, 11) is 0. The van der Waals surface area contributed by atoms with E-state index in [0.717, 1.165) is 109 Å². The van der Waals surface area contributed by atoms with E-state index in [-0.39, 0.29) is 23.1 Å². The van der Waals surface area contributed by atoms with Gasteiger partial charge < -0.3 is 19.3 Å². The number of hydrogen-bond donors (Lipinski definition) is 1. The Kier molecular flexibility index (Phi) is 7.68. The average Bonchev–Trinajstić information content (AvgIpc) is 3.48. The van der Waals surface area contributed by atoms with Crippen LogP contribution in [-0.2, 0) is 9.47 Å². The zero-order valence-corrected chi connectivity index (χ0v) is 29.5. The number of likely N-dealkylation sites (N-methyl/N-ethyl adjacent to an activating group) is 1. The highest BCUT2D eigenvalue weighted by molar-refractivity contribution is 6.36. The Morgan fingerprint density at radius 3 is 2.48 bits per heavy atom. The number of amides is 1. The van der Waals surface area contributed by atoms with E-state index in [4.69, 9.17) is 26.2 Å². The van der Waals surface area contributed by atoms with Crippen molar-refractivity contribution in [3.63, 3.8) is 0 Å². The molecule has 3 saturated heterocycles. The van der Waals surface area contributed by atoms with Gasteiger partial charge in [0.2, 0.25) is 0 Å². The van der Waals surface area contributed by atoms with Crippen molar-refractivity contribution in [2.75, 3.05) is 44.3 Å². The SMILES string of the molecule is CCN(C1COC1)C1CCN(c2nn(C3CC4(C3)CN(C(=O)OC(C)(C)C)C4)c(C)c2-c2c(Cl)c(C)cc3[nH]ncc23)C(C)(C)C1. The third-order valence-corrected chi connectivity index (χ3v) is 11.5. The first-order valence-electron chi connectivity index (χ1n) is 17.0. The molecular weight excluding hydrogens is 602 g/mol. The molecule has 11 heteroatoms. The number of benzene rings is 1. The van der Waals surface area contributed by atoms with E-state index in [1.165, 1.54) is 0 Å². The Morgan fingerprint density at radius 1 is 1.15 bits per heavy atom. The van der Waals surface area contributed by atoms with Gasteiger partial charge in [-0.3, -0.25) is 14.7 Å². The molecule has 10 nitrogen and oxygen atoms in total. The number of likely N-dealkylation sites (tertiary alicyclic amines) is 1. The lowest BCUT2D eigenvalue weighted by molar-refractivity contribution is -0.0931. The van der Waals surface area contributed by atoms with Crippen molar-refractivity contribution >= 4 is 34.4 Å². The number of carbonyl (C=O) groups excluding carboxylic acids is 1. The molecule has 5 heterocycles. The number of H-pyrrole nitrogens is 1. The largest absolute Gasteiger partial charge is 0.444 e. The van der Waals surface area contributed by atoms with Gasteiger partial charge in [-0.25, -0.2) is 4.79 Å². The Bertz CT molecular complexity index is 1640. The molecule has 1 unspecified atom stereocenters. The molecule has 0 bridgehead atoms. The average molecular weight is 652 g/mol. The van der Waals surface area contributed by atoms with E-state index in [2.05, 4.69) is 65.4 Å². The number of nitrogens with one attached hydrogen (secondary N) is 1. The Balaban J connectivity index is 1.21. The fourth-order valence-corrected chi connectivity index (χ4v) is 8.90. The van der Waals surface area contributed by atoms with E-state index in [1.807, 2.05) is 31.9 Å². The number of halogens is 1. The van der Waals surface area contributed by atoms with Gasteiger partial charge >= 0.3 is 6.09 Å². The minimum Gasteiger partial charge on any atom is -0.444 e. The second-order valence-electron chi connectivity index (χ2n) is 16.0.